The Balaban J connectivity index is 2.63. The van der Waals surface area contributed by atoms with Gasteiger partial charge in [0, 0.05) is 25.3 Å². The van der Waals surface area contributed by atoms with Crippen LogP contribution in [-0.4, -0.2) is 45.0 Å². The van der Waals surface area contributed by atoms with Crippen molar-refractivity contribution in [2.24, 2.45) is 0 Å². The Labute approximate surface area is 118 Å². The molecule has 112 valence electrons. The lowest BCUT2D eigenvalue weighted by Crippen LogP contribution is -2.31. The first-order chi connectivity index (χ1) is 9.58. The number of nitrogens with one attached hydrogen (secondary N) is 1. The molecule has 0 radical (unpaired) electrons. The number of carbonyl (C=O) groups is 1. The Morgan fingerprint density at radius 3 is 2.75 bits per heavy atom. The van der Waals surface area contributed by atoms with Crippen molar-refractivity contribution in [3.8, 4) is 11.5 Å². The number of ether oxygens (including phenoxy) is 3. The summed E-state index contributed by atoms with van der Waals surface area (Å²) in [6.45, 7) is 2.38. The van der Waals surface area contributed by atoms with E-state index < -0.39 is 6.10 Å². The molecule has 0 unspecified atom stereocenters. The van der Waals surface area contributed by atoms with Crippen LogP contribution in [-0.2, 0) is 9.53 Å². The summed E-state index contributed by atoms with van der Waals surface area (Å²) < 4.78 is 15.4. The Bertz CT molecular complexity index is 434. The zero-order chi connectivity index (χ0) is 15.0. The van der Waals surface area contributed by atoms with Gasteiger partial charge in [0.25, 0.3) is 5.91 Å². The first kappa shape index (κ1) is 16.3. The van der Waals surface area contributed by atoms with Crippen LogP contribution in [0.2, 0.25) is 0 Å². The summed E-state index contributed by atoms with van der Waals surface area (Å²) in [5.74, 6) is 0.784. The first-order valence-corrected chi connectivity index (χ1v) is 6.33. The zero-order valence-electron chi connectivity index (χ0n) is 12.0. The Morgan fingerprint density at radius 1 is 1.40 bits per heavy atom. The fourth-order valence-electron chi connectivity index (χ4n) is 1.60. The molecule has 0 heterocycles. The molecule has 0 fully saturated rings. The van der Waals surface area contributed by atoms with Crippen molar-refractivity contribution in [1.29, 1.82) is 0 Å². The third-order valence-corrected chi connectivity index (χ3v) is 2.66. The van der Waals surface area contributed by atoms with E-state index in [1.54, 1.807) is 39.3 Å². The molecule has 6 nitrogen and oxygen atoms in total. The predicted octanol–water partition coefficient (Wildman–Crippen LogP) is 0.890. The molecule has 6 heteroatoms. The lowest BCUT2D eigenvalue weighted by atomic mass is 10.1. The van der Waals surface area contributed by atoms with Gasteiger partial charge < -0.3 is 24.6 Å². The van der Waals surface area contributed by atoms with Gasteiger partial charge in [0.2, 0.25) is 0 Å². The highest BCUT2D eigenvalue weighted by atomic mass is 16.5. The third kappa shape index (κ3) is 5.07. The van der Waals surface area contributed by atoms with Crippen LogP contribution in [0.3, 0.4) is 0 Å². The van der Waals surface area contributed by atoms with Gasteiger partial charge >= 0.3 is 0 Å². The quantitative estimate of drug-likeness (QED) is 0.693. The normalized spacial score (nSPS) is 11.8. The van der Waals surface area contributed by atoms with Crippen LogP contribution in [0.1, 0.15) is 18.6 Å². The molecule has 0 aliphatic heterocycles. The molecule has 20 heavy (non-hydrogen) atoms. The van der Waals surface area contributed by atoms with Crippen molar-refractivity contribution in [3.63, 3.8) is 0 Å². The monoisotopic (exact) mass is 283 g/mol. The second kappa shape index (κ2) is 8.39. The Hall–Kier alpha value is -1.79. The topological polar surface area (TPSA) is 77.0 Å². The van der Waals surface area contributed by atoms with Crippen LogP contribution in [0.5, 0.6) is 11.5 Å². The number of hydrogen-bond donors (Lipinski definition) is 2. The van der Waals surface area contributed by atoms with Crippen molar-refractivity contribution in [3.05, 3.63) is 23.8 Å². The lowest BCUT2D eigenvalue weighted by Gasteiger charge is -2.14. The van der Waals surface area contributed by atoms with Crippen molar-refractivity contribution < 1.29 is 24.1 Å². The molecule has 0 aliphatic carbocycles. The maximum absolute atomic E-state index is 11.5. The van der Waals surface area contributed by atoms with E-state index in [9.17, 15) is 9.90 Å². The number of hydrogen-bond acceptors (Lipinski definition) is 5. The Morgan fingerprint density at radius 2 is 2.15 bits per heavy atom. The Kier molecular flexibility index (Phi) is 6.83. The molecule has 0 aliphatic rings. The summed E-state index contributed by atoms with van der Waals surface area (Å²) in [5.41, 5.74) is 0.607. The van der Waals surface area contributed by atoms with Crippen LogP contribution < -0.4 is 14.8 Å². The maximum atomic E-state index is 11.5. The molecule has 1 atom stereocenters. The average Bonchev–Trinajstić information content (AvgIpc) is 2.44. The van der Waals surface area contributed by atoms with E-state index in [-0.39, 0.29) is 12.5 Å². The minimum atomic E-state index is -0.688. The van der Waals surface area contributed by atoms with Crippen molar-refractivity contribution in [2.45, 2.75) is 13.0 Å². The van der Waals surface area contributed by atoms with Gasteiger partial charge in [-0.2, -0.15) is 0 Å². The standard InChI is InChI=1S/C14H21NO5/c1-10(16)12-5-4-11(19-3)8-13(12)20-9-14(17)15-6-7-18-2/h4-5,8,10,16H,6-7,9H2,1-3H3,(H,15,17)/t10-/m0/s1. The fourth-order valence-corrected chi connectivity index (χ4v) is 1.60. The zero-order valence-corrected chi connectivity index (χ0v) is 12.0. The summed E-state index contributed by atoms with van der Waals surface area (Å²) in [7, 11) is 3.10. The van der Waals surface area contributed by atoms with E-state index in [0.717, 1.165) is 0 Å². The molecule has 1 aromatic rings. The molecule has 0 aromatic heterocycles. The molecule has 1 aromatic carbocycles. The molecule has 0 saturated heterocycles. The lowest BCUT2D eigenvalue weighted by molar-refractivity contribution is -0.123. The van der Waals surface area contributed by atoms with Crippen LogP contribution >= 0.6 is 0 Å². The van der Waals surface area contributed by atoms with Gasteiger partial charge in [-0.15, -0.1) is 0 Å². The van der Waals surface area contributed by atoms with E-state index in [0.29, 0.717) is 30.2 Å². The summed E-state index contributed by atoms with van der Waals surface area (Å²) in [6, 6.07) is 5.08. The second-order valence-electron chi connectivity index (χ2n) is 4.21. The van der Waals surface area contributed by atoms with Crippen LogP contribution in [0, 0.1) is 0 Å². The molecule has 0 spiro atoms. The number of aliphatic hydroxyl groups is 1. The summed E-state index contributed by atoms with van der Waals surface area (Å²) in [5, 5.41) is 12.3. The highest BCUT2D eigenvalue weighted by molar-refractivity contribution is 5.77. The van der Waals surface area contributed by atoms with Crippen molar-refractivity contribution in [1.82, 2.24) is 5.32 Å². The van der Waals surface area contributed by atoms with Crippen LogP contribution in [0.25, 0.3) is 0 Å². The fraction of sp³-hybridized carbons (Fsp3) is 0.500. The van der Waals surface area contributed by atoms with E-state index in [2.05, 4.69) is 5.32 Å². The number of aliphatic hydroxyl groups excluding tert-OH is 1. The summed E-state index contributed by atoms with van der Waals surface area (Å²) in [6.07, 6.45) is -0.688. The highest BCUT2D eigenvalue weighted by Gasteiger charge is 2.12. The SMILES string of the molecule is COCCNC(=O)COc1cc(OC)ccc1[C@H](C)O. The molecule has 0 bridgehead atoms. The van der Waals surface area contributed by atoms with Crippen molar-refractivity contribution >= 4 is 5.91 Å². The van der Waals surface area contributed by atoms with Crippen LogP contribution in [0.4, 0.5) is 0 Å². The van der Waals surface area contributed by atoms with Gasteiger partial charge in [-0.1, -0.05) is 0 Å². The van der Waals surface area contributed by atoms with Gasteiger partial charge in [-0.25, -0.2) is 0 Å². The van der Waals surface area contributed by atoms with E-state index in [4.69, 9.17) is 14.2 Å². The van der Waals surface area contributed by atoms with E-state index >= 15 is 0 Å². The minimum absolute atomic E-state index is 0.128. The predicted molar refractivity (Wildman–Crippen MR) is 74.0 cm³/mol. The minimum Gasteiger partial charge on any atom is -0.497 e. The molecular formula is C14H21NO5. The van der Waals surface area contributed by atoms with Gasteiger partial charge in [0.05, 0.1) is 19.8 Å². The third-order valence-electron chi connectivity index (χ3n) is 2.66. The van der Waals surface area contributed by atoms with Gasteiger partial charge in [0.1, 0.15) is 11.5 Å². The first-order valence-electron chi connectivity index (χ1n) is 6.33. The molecule has 0 saturated carbocycles. The number of benzene rings is 1. The number of rotatable bonds is 8. The smallest absolute Gasteiger partial charge is 0.258 e. The number of methoxy groups -OCH3 is 2. The van der Waals surface area contributed by atoms with Gasteiger partial charge in [0.15, 0.2) is 6.61 Å². The molecular weight excluding hydrogens is 262 g/mol. The molecule has 1 rings (SSSR count). The second-order valence-corrected chi connectivity index (χ2v) is 4.21. The summed E-state index contributed by atoms with van der Waals surface area (Å²) >= 11 is 0. The summed E-state index contributed by atoms with van der Waals surface area (Å²) in [4.78, 5) is 11.5. The number of amides is 1. The number of carbonyl (C=O) groups excluding carboxylic acids is 1. The maximum Gasteiger partial charge on any atom is 0.258 e. The van der Waals surface area contributed by atoms with Gasteiger partial charge in [-0.3, -0.25) is 4.79 Å². The van der Waals surface area contributed by atoms with Crippen molar-refractivity contribution in [2.75, 3.05) is 34.0 Å². The largest absolute Gasteiger partial charge is 0.497 e. The van der Waals surface area contributed by atoms with E-state index in [1.807, 2.05) is 0 Å². The molecule has 1 amide bonds. The van der Waals surface area contributed by atoms with E-state index in [1.165, 1.54) is 0 Å². The average molecular weight is 283 g/mol. The van der Waals surface area contributed by atoms with Crippen LogP contribution in [0.15, 0.2) is 18.2 Å². The van der Waals surface area contributed by atoms with Gasteiger partial charge in [-0.05, 0) is 19.1 Å². The highest BCUT2D eigenvalue weighted by Crippen LogP contribution is 2.29. The molecule has 2 N–H and O–H groups in total.